The van der Waals surface area contributed by atoms with Gasteiger partial charge in [-0.05, 0) is 44.0 Å². The third-order valence-corrected chi connectivity index (χ3v) is 3.81. The van der Waals surface area contributed by atoms with E-state index in [0.29, 0.717) is 17.5 Å². The summed E-state index contributed by atoms with van der Waals surface area (Å²) in [6.07, 6.45) is 2.33. The Morgan fingerprint density at radius 2 is 2.30 bits per heavy atom. The van der Waals surface area contributed by atoms with Gasteiger partial charge in [-0.25, -0.2) is 4.39 Å². The van der Waals surface area contributed by atoms with Crippen LogP contribution in [0.2, 0.25) is 5.02 Å². The van der Waals surface area contributed by atoms with Crippen LogP contribution in [0.15, 0.2) is 18.2 Å². The van der Waals surface area contributed by atoms with Crippen molar-refractivity contribution in [1.82, 2.24) is 4.90 Å². The monoisotopic (exact) mass is 299 g/mol. The second-order valence-corrected chi connectivity index (χ2v) is 5.66. The third kappa shape index (κ3) is 3.91. The standard InChI is InChI=1S/C14H19ClFN3O/c1-19(13(7-17)9-2-3-9)8-14(20)18-12-5-4-10(15)6-11(12)16/h4-6,9,13H,2-3,7-8,17H2,1H3,(H,18,20). The van der Waals surface area contributed by atoms with E-state index in [2.05, 4.69) is 5.32 Å². The van der Waals surface area contributed by atoms with Crippen molar-refractivity contribution in [3.63, 3.8) is 0 Å². The summed E-state index contributed by atoms with van der Waals surface area (Å²) in [6.45, 7) is 0.726. The summed E-state index contributed by atoms with van der Waals surface area (Å²) in [5.74, 6) is -0.205. The lowest BCUT2D eigenvalue weighted by molar-refractivity contribution is -0.117. The largest absolute Gasteiger partial charge is 0.329 e. The van der Waals surface area contributed by atoms with Crippen LogP contribution >= 0.6 is 11.6 Å². The van der Waals surface area contributed by atoms with Gasteiger partial charge in [0.05, 0.1) is 12.2 Å². The van der Waals surface area contributed by atoms with Crippen LogP contribution in [-0.4, -0.2) is 37.0 Å². The highest BCUT2D eigenvalue weighted by molar-refractivity contribution is 6.30. The Balaban J connectivity index is 1.91. The highest BCUT2D eigenvalue weighted by Crippen LogP contribution is 2.34. The number of nitrogens with one attached hydrogen (secondary N) is 1. The van der Waals surface area contributed by atoms with Gasteiger partial charge in [0, 0.05) is 17.6 Å². The highest BCUT2D eigenvalue weighted by atomic mass is 35.5. The first-order valence-electron chi connectivity index (χ1n) is 6.66. The molecule has 1 saturated carbocycles. The first-order valence-corrected chi connectivity index (χ1v) is 7.04. The second-order valence-electron chi connectivity index (χ2n) is 5.23. The molecule has 1 atom stereocenters. The number of benzene rings is 1. The second kappa shape index (κ2) is 6.52. The zero-order chi connectivity index (χ0) is 14.7. The van der Waals surface area contributed by atoms with Crippen LogP contribution in [0.25, 0.3) is 0 Å². The first-order chi connectivity index (χ1) is 9.51. The molecule has 1 aromatic rings. The molecule has 6 heteroatoms. The fraction of sp³-hybridized carbons (Fsp3) is 0.500. The van der Waals surface area contributed by atoms with Crippen molar-refractivity contribution < 1.29 is 9.18 Å². The average Bonchev–Trinajstić information content (AvgIpc) is 3.18. The fourth-order valence-corrected chi connectivity index (χ4v) is 2.50. The van der Waals surface area contributed by atoms with Crippen LogP contribution in [0.5, 0.6) is 0 Å². The smallest absolute Gasteiger partial charge is 0.238 e. The molecule has 0 saturated heterocycles. The Morgan fingerprint density at radius 1 is 1.60 bits per heavy atom. The van der Waals surface area contributed by atoms with Crippen molar-refractivity contribution in [1.29, 1.82) is 0 Å². The zero-order valence-corrected chi connectivity index (χ0v) is 12.2. The molecule has 1 unspecified atom stereocenters. The number of likely N-dealkylation sites (N-methyl/N-ethyl adjacent to an activating group) is 1. The van der Waals surface area contributed by atoms with Crippen molar-refractivity contribution >= 4 is 23.2 Å². The lowest BCUT2D eigenvalue weighted by Crippen LogP contribution is -2.43. The number of hydrogen-bond donors (Lipinski definition) is 2. The zero-order valence-electron chi connectivity index (χ0n) is 11.4. The van der Waals surface area contributed by atoms with Gasteiger partial charge in [-0.2, -0.15) is 0 Å². The highest BCUT2D eigenvalue weighted by Gasteiger charge is 2.33. The number of halogens is 2. The van der Waals surface area contributed by atoms with Crippen LogP contribution in [-0.2, 0) is 4.79 Å². The van der Waals surface area contributed by atoms with E-state index in [4.69, 9.17) is 17.3 Å². The van der Waals surface area contributed by atoms with Crippen molar-refractivity contribution in [2.24, 2.45) is 11.7 Å². The van der Waals surface area contributed by atoms with Crippen LogP contribution in [0.4, 0.5) is 10.1 Å². The van der Waals surface area contributed by atoms with Crippen LogP contribution < -0.4 is 11.1 Å². The number of carbonyl (C=O) groups is 1. The number of amides is 1. The minimum Gasteiger partial charge on any atom is -0.329 e. The molecule has 0 spiro atoms. The molecule has 4 nitrogen and oxygen atoms in total. The summed E-state index contributed by atoms with van der Waals surface area (Å²) in [5.41, 5.74) is 5.88. The molecule has 110 valence electrons. The third-order valence-electron chi connectivity index (χ3n) is 3.57. The number of carbonyl (C=O) groups excluding carboxylic acids is 1. The number of nitrogens with zero attached hydrogens (tertiary/aromatic N) is 1. The van der Waals surface area contributed by atoms with E-state index >= 15 is 0 Å². The summed E-state index contributed by atoms with van der Waals surface area (Å²) in [7, 11) is 1.87. The predicted molar refractivity (Wildman–Crippen MR) is 78.2 cm³/mol. The molecule has 0 aliphatic heterocycles. The molecule has 0 radical (unpaired) electrons. The van der Waals surface area contributed by atoms with Gasteiger partial charge < -0.3 is 11.1 Å². The summed E-state index contributed by atoms with van der Waals surface area (Å²) in [5, 5.41) is 2.85. The molecule has 1 aliphatic rings. The first kappa shape index (κ1) is 15.2. The molecule has 3 N–H and O–H groups in total. The number of hydrogen-bond acceptors (Lipinski definition) is 3. The van der Waals surface area contributed by atoms with Crippen LogP contribution in [0.1, 0.15) is 12.8 Å². The van der Waals surface area contributed by atoms with Crippen LogP contribution in [0, 0.1) is 11.7 Å². The maximum absolute atomic E-state index is 13.6. The lowest BCUT2D eigenvalue weighted by atomic mass is 10.1. The Bertz CT molecular complexity index is 493. The van der Waals surface area contributed by atoms with Gasteiger partial charge in [-0.3, -0.25) is 9.69 Å². The minimum atomic E-state index is -0.536. The molecule has 20 heavy (non-hydrogen) atoms. The van der Waals surface area contributed by atoms with E-state index in [-0.39, 0.29) is 24.2 Å². The molecule has 2 rings (SSSR count). The lowest BCUT2D eigenvalue weighted by Gasteiger charge is -2.26. The Hall–Kier alpha value is -1.17. The quantitative estimate of drug-likeness (QED) is 0.845. The normalized spacial score (nSPS) is 16.2. The van der Waals surface area contributed by atoms with E-state index in [9.17, 15) is 9.18 Å². The molecule has 0 heterocycles. The summed E-state index contributed by atoms with van der Waals surface area (Å²) in [4.78, 5) is 13.9. The van der Waals surface area contributed by atoms with E-state index in [1.807, 2.05) is 11.9 Å². The molecule has 0 aromatic heterocycles. The van der Waals surface area contributed by atoms with Gasteiger partial charge in [-0.1, -0.05) is 11.6 Å². The predicted octanol–water partition coefficient (Wildman–Crippen LogP) is 2.09. The molecule has 1 aliphatic carbocycles. The van der Waals surface area contributed by atoms with E-state index < -0.39 is 5.82 Å². The average molecular weight is 300 g/mol. The van der Waals surface area contributed by atoms with Gasteiger partial charge >= 0.3 is 0 Å². The van der Waals surface area contributed by atoms with E-state index in [1.54, 1.807) is 0 Å². The SMILES string of the molecule is CN(CC(=O)Nc1ccc(Cl)cc1F)C(CN)C1CC1. The molecule has 1 amide bonds. The van der Waals surface area contributed by atoms with Gasteiger partial charge in [0.1, 0.15) is 5.82 Å². The Morgan fingerprint density at radius 3 is 2.85 bits per heavy atom. The summed E-state index contributed by atoms with van der Waals surface area (Å²) in [6, 6.07) is 4.39. The van der Waals surface area contributed by atoms with Gasteiger partial charge in [0.2, 0.25) is 5.91 Å². The maximum Gasteiger partial charge on any atom is 0.238 e. The van der Waals surface area contributed by atoms with Crippen LogP contribution in [0.3, 0.4) is 0 Å². The fourth-order valence-electron chi connectivity index (χ4n) is 2.34. The van der Waals surface area contributed by atoms with Gasteiger partial charge in [0.25, 0.3) is 0 Å². The maximum atomic E-state index is 13.6. The molecule has 1 fully saturated rings. The van der Waals surface area contributed by atoms with E-state index in [1.165, 1.54) is 31.0 Å². The van der Waals surface area contributed by atoms with Crippen molar-refractivity contribution in [2.75, 3.05) is 25.5 Å². The minimum absolute atomic E-state index is 0.142. The Labute approximate surface area is 123 Å². The Kier molecular flexibility index (Phi) is 4.96. The topological polar surface area (TPSA) is 58.4 Å². The number of nitrogens with two attached hydrogens (primary N) is 1. The van der Waals surface area contributed by atoms with Crippen molar-refractivity contribution in [2.45, 2.75) is 18.9 Å². The molecule has 0 bridgehead atoms. The molecular formula is C14H19ClFN3O. The summed E-state index contributed by atoms with van der Waals surface area (Å²) >= 11 is 5.67. The number of rotatable bonds is 6. The van der Waals surface area contributed by atoms with Crippen molar-refractivity contribution in [3.8, 4) is 0 Å². The number of anilines is 1. The summed E-state index contributed by atoms with van der Waals surface area (Å²) < 4.78 is 13.6. The van der Waals surface area contributed by atoms with Crippen molar-refractivity contribution in [3.05, 3.63) is 29.0 Å². The van der Waals surface area contributed by atoms with E-state index in [0.717, 1.165) is 0 Å². The molecular weight excluding hydrogens is 281 g/mol. The molecule has 1 aromatic carbocycles. The van der Waals surface area contributed by atoms with Gasteiger partial charge in [0.15, 0.2) is 0 Å². The van der Waals surface area contributed by atoms with Gasteiger partial charge in [-0.15, -0.1) is 0 Å².